The molecular formula is C21H22FN3O5S. The van der Waals surface area contributed by atoms with E-state index in [2.05, 4.69) is 5.32 Å². The number of hydrogen-bond donors (Lipinski definition) is 1. The van der Waals surface area contributed by atoms with E-state index in [-0.39, 0.29) is 48.4 Å². The number of anilines is 1. The van der Waals surface area contributed by atoms with E-state index >= 15 is 0 Å². The van der Waals surface area contributed by atoms with Crippen LogP contribution < -0.4 is 10.1 Å². The van der Waals surface area contributed by atoms with Crippen molar-refractivity contribution in [3.63, 3.8) is 0 Å². The molecule has 10 heteroatoms. The van der Waals surface area contributed by atoms with Crippen molar-refractivity contribution in [1.82, 2.24) is 9.21 Å². The van der Waals surface area contributed by atoms with Crippen molar-refractivity contribution in [2.45, 2.75) is 11.8 Å². The van der Waals surface area contributed by atoms with Crippen molar-refractivity contribution in [3.8, 4) is 5.75 Å². The van der Waals surface area contributed by atoms with Crippen LogP contribution in [0.1, 0.15) is 15.9 Å². The van der Waals surface area contributed by atoms with Gasteiger partial charge in [-0.1, -0.05) is 0 Å². The van der Waals surface area contributed by atoms with Gasteiger partial charge in [0.05, 0.1) is 17.1 Å². The van der Waals surface area contributed by atoms with Gasteiger partial charge >= 0.3 is 0 Å². The van der Waals surface area contributed by atoms with Crippen LogP contribution in [0.5, 0.6) is 5.75 Å². The Labute approximate surface area is 179 Å². The fourth-order valence-corrected chi connectivity index (χ4v) is 5.11. The van der Waals surface area contributed by atoms with E-state index in [1.54, 1.807) is 18.2 Å². The van der Waals surface area contributed by atoms with Crippen LogP contribution in [0.15, 0.2) is 41.3 Å². The molecule has 31 heavy (non-hydrogen) atoms. The first kappa shape index (κ1) is 21.4. The van der Waals surface area contributed by atoms with Gasteiger partial charge in [0.15, 0.2) is 12.4 Å². The van der Waals surface area contributed by atoms with Gasteiger partial charge in [0, 0.05) is 31.7 Å². The maximum atomic E-state index is 13.5. The number of ketones is 1. The zero-order valence-electron chi connectivity index (χ0n) is 16.9. The van der Waals surface area contributed by atoms with E-state index < -0.39 is 15.8 Å². The Morgan fingerprint density at radius 1 is 1.13 bits per heavy atom. The Balaban J connectivity index is 1.38. The van der Waals surface area contributed by atoms with Gasteiger partial charge in [-0.15, -0.1) is 0 Å². The fourth-order valence-electron chi connectivity index (χ4n) is 3.61. The number of hydrogen-bond acceptors (Lipinski definition) is 6. The van der Waals surface area contributed by atoms with Gasteiger partial charge in [-0.3, -0.25) is 14.5 Å². The van der Waals surface area contributed by atoms with Gasteiger partial charge in [-0.05, 0) is 48.9 Å². The molecule has 0 aromatic heterocycles. The summed E-state index contributed by atoms with van der Waals surface area (Å²) in [6.45, 7) is 2.88. The first-order valence-electron chi connectivity index (χ1n) is 9.82. The Bertz CT molecular complexity index is 1140. The third-order valence-electron chi connectivity index (χ3n) is 5.40. The molecule has 2 aliphatic rings. The highest BCUT2D eigenvalue weighted by Gasteiger charge is 2.29. The SMILES string of the molecule is Cc1cc(S(=O)(=O)N2CCN(CC(=O)c3ccc4c(c3)NC(=O)CO4)CC2)ccc1F. The molecule has 1 N–H and O–H groups in total. The summed E-state index contributed by atoms with van der Waals surface area (Å²) < 4.78 is 45.8. The second-order valence-corrected chi connectivity index (χ2v) is 9.50. The van der Waals surface area contributed by atoms with Crippen LogP contribution in [0.3, 0.4) is 0 Å². The van der Waals surface area contributed by atoms with Crippen molar-refractivity contribution < 1.29 is 27.1 Å². The number of aryl methyl sites for hydroxylation is 1. The summed E-state index contributed by atoms with van der Waals surface area (Å²) >= 11 is 0. The van der Waals surface area contributed by atoms with Crippen molar-refractivity contribution >= 4 is 27.4 Å². The Morgan fingerprint density at radius 3 is 2.58 bits per heavy atom. The molecule has 2 aliphatic heterocycles. The number of benzene rings is 2. The standard InChI is InChI=1S/C21H22FN3O5S/c1-14-10-16(3-4-17(14)22)31(28,29)25-8-6-24(7-9-25)12-19(26)15-2-5-20-18(11-15)23-21(27)13-30-20/h2-5,10-11H,6-9,12-13H2,1H3,(H,23,27). The molecule has 4 rings (SSSR count). The molecule has 2 aromatic rings. The largest absolute Gasteiger partial charge is 0.482 e. The van der Waals surface area contributed by atoms with Gasteiger partial charge in [-0.25, -0.2) is 12.8 Å². The highest BCUT2D eigenvalue weighted by Crippen LogP contribution is 2.28. The van der Waals surface area contributed by atoms with Crippen molar-refractivity contribution in [1.29, 1.82) is 0 Å². The number of piperazine rings is 1. The lowest BCUT2D eigenvalue weighted by atomic mass is 10.1. The van der Waals surface area contributed by atoms with E-state index in [0.717, 1.165) is 6.07 Å². The summed E-state index contributed by atoms with van der Waals surface area (Å²) in [5.41, 5.74) is 1.19. The summed E-state index contributed by atoms with van der Waals surface area (Å²) in [6.07, 6.45) is 0. The Morgan fingerprint density at radius 2 is 1.87 bits per heavy atom. The summed E-state index contributed by atoms with van der Waals surface area (Å²) in [4.78, 5) is 26.1. The van der Waals surface area contributed by atoms with E-state index in [4.69, 9.17) is 4.74 Å². The molecule has 0 bridgehead atoms. The number of carbonyl (C=O) groups excluding carboxylic acids is 2. The first-order chi connectivity index (χ1) is 14.7. The molecule has 1 fully saturated rings. The van der Waals surface area contributed by atoms with E-state index in [0.29, 0.717) is 30.1 Å². The van der Waals surface area contributed by atoms with Crippen LogP contribution in [0.2, 0.25) is 0 Å². The lowest BCUT2D eigenvalue weighted by Crippen LogP contribution is -2.49. The van der Waals surface area contributed by atoms with Gasteiger partial charge in [0.2, 0.25) is 10.0 Å². The minimum absolute atomic E-state index is 0.0506. The fraction of sp³-hybridized carbons (Fsp3) is 0.333. The number of halogens is 1. The molecule has 0 radical (unpaired) electrons. The smallest absolute Gasteiger partial charge is 0.262 e. The average Bonchev–Trinajstić information content (AvgIpc) is 2.75. The van der Waals surface area contributed by atoms with Gasteiger partial charge in [-0.2, -0.15) is 4.31 Å². The molecule has 0 atom stereocenters. The number of sulfonamides is 1. The van der Waals surface area contributed by atoms with E-state index in [9.17, 15) is 22.4 Å². The first-order valence-corrected chi connectivity index (χ1v) is 11.3. The van der Waals surface area contributed by atoms with E-state index in [1.807, 2.05) is 4.90 Å². The number of nitrogens with one attached hydrogen (secondary N) is 1. The lowest BCUT2D eigenvalue weighted by molar-refractivity contribution is -0.118. The molecular weight excluding hydrogens is 425 g/mol. The maximum Gasteiger partial charge on any atom is 0.262 e. The number of fused-ring (bicyclic) bond motifs is 1. The quantitative estimate of drug-likeness (QED) is 0.701. The molecule has 164 valence electrons. The Kier molecular flexibility index (Phi) is 5.78. The summed E-state index contributed by atoms with van der Waals surface area (Å²) in [6, 6.07) is 8.65. The molecule has 8 nitrogen and oxygen atoms in total. The molecule has 0 saturated carbocycles. The van der Waals surface area contributed by atoms with Crippen molar-refractivity contribution in [2.24, 2.45) is 0 Å². The number of carbonyl (C=O) groups is 2. The van der Waals surface area contributed by atoms with Crippen LogP contribution in [-0.2, 0) is 14.8 Å². The number of rotatable bonds is 5. The second kappa shape index (κ2) is 8.37. The number of amides is 1. The van der Waals surface area contributed by atoms with Crippen LogP contribution in [0.4, 0.5) is 10.1 Å². The predicted molar refractivity (Wildman–Crippen MR) is 111 cm³/mol. The van der Waals surface area contributed by atoms with E-state index in [1.165, 1.54) is 23.4 Å². The lowest BCUT2D eigenvalue weighted by Gasteiger charge is -2.33. The molecule has 0 unspecified atom stereocenters. The molecule has 1 saturated heterocycles. The minimum Gasteiger partial charge on any atom is -0.482 e. The zero-order valence-corrected chi connectivity index (χ0v) is 17.7. The molecule has 2 aromatic carbocycles. The third kappa shape index (κ3) is 4.46. The monoisotopic (exact) mass is 447 g/mol. The zero-order chi connectivity index (χ0) is 22.2. The van der Waals surface area contributed by atoms with Gasteiger partial charge in [0.25, 0.3) is 5.91 Å². The topological polar surface area (TPSA) is 96.0 Å². The second-order valence-electron chi connectivity index (χ2n) is 7.56. The molecule has 2 heterocycles. The predicted octanol–water partition coefficient (Wildman–Crippen LogP) is 1.65. The average molecular weight is 447 g/mol. The van der Waals surface area contributed by atoms with Crippen molar-refractivity contribution in [2.75, 3.05) is 44.6 Å². The summed E-state index contributed by atoms with van der Waals surface area (Å²) in [5, 5.41) is 2.68. The normalized spacial score (nSPS) is 17.5. The minimum atomic E-state index is -3.72. The van der Waals surface area contributed by atoms with Crippen LogP contribution >= 0.6 is 0 Å². The number of ether oxygens (including phenoxy) is 1. The van der Waals surface area contributed by atoms with Gasteiger partial charge < -0.3 is 10.1 Å². The summed E-state index contributed by atoms with van der Waals surface area (Å²) in [7, 11) is -3.72. The Hall–Kier alpha value is -2.82. The van der Waals surface area contributed by atoms with Gasteiger partial charge in [0.1, 0.15) is 11.6 Å². The number of nitrogens with zero attached hydrogens (tertiary/aromatic N) is 2. The van der Waals surface area contributed by atoms with Crippen molar-refractivity contribution in [3.05, 3.63) is 53.3 Å². The third-order valence-corrected chi connectivity index (χ3v) is 7.29. The molecule has 0 spiro atoms. The number of Topliss-reactive ketones (excluding diaryl/α,β-unsaturated/α-hetero) is 1. The molecule has 0 aliphatic carbocycles. The van der Waals surface area contributed by atoms with Crippen LogP contribution in [-0.4, -0.2) is 68.6 Å². The van der Waals surface area contributed by atoms with Crippen LogP contribution in [0.25, 0.3) is 0 Å². The molecule has 1 amide bonds. The highest BCUT2D eigenvalue weighted by atomic mass is 32.2. The maximum absolute atomic E-state index is 13.5. The summed E-state index contributed by atoms with van der Waals surface area (Å²) in [5.74, 6) is -0.333. The van der Waals surface area contributed by atoms with Crippen LogP contribution in [0, 0.1) is 12.7 Å². The highest BCUT2D eigenvalue weighted by molar-refractivity contribution is 7.89.